The van der Waals surface area contributed by atoms with Crippen LogP contribution in [0.4, 0.5) is 4.39 Å². The fourth-order valence-electron chi connectivity index (χ4n) is 1.63. The van der Waals surface area contributed by atoms with E-state index >= 15 is 0 Å². The molecule has 0 radical (unpaired) electrons. The van der Waals surface area contributed by atoms with Gasteiger partial charge in [-0.25, -0.2) is 4.39 Å². The topological polar surface area (TPSA) is 9.23 Å². The van der Waals surface area contributed by atoms with E-state index < -0.39 is 5.82 Å². The molecule has 0 heterocycles. The lowest BCUT2D eigenvalue weighted by Crippen LogP contribution is -2.00. The molecule has 2 aromatic carbocycles. The maximum absolute atomic E-state index is 13.3. The SMILES string of the molecule is Fc1cccc(COc2c(Cl)cccc2CBr)c1Cl. The van der Waals surface area contributed by atoms with Gasteiger partial charge in [0.05, 0.1) is 10.0 Å². The Hall–Kier alpha value is -0.770. The van der Waals surface area contributed by atoms with Crippen LogP contribution in [0.1, 0.15) is 11.1 Å². The first-order chi connectivity index (χ1) is 9.13. The number of benzene rings is 2. The summed E-state index contributed by atoms with van der Waals surface area (Å²) in [6.07, 6.45) is 0. The van der Waals surface area contributed by atoms with Gasteiger partial charge in [0, 0.05) is 16.5 Å². The fourth-order valence-corrected chi connectivity index (χ4v) is 2.50. The van der Waals surface area contributed by atoms with Gasteiger partial charge < -0.3 is 4.74 Å². The van der Waals surface area contributed by atoms with Crippen molar-refractivity contribution in [1.82, 2.24) is 0 Å². The van der Waals surface area contributed by atoms with Crippen LogP contribution in [0, 0.1) is 5.82 Å². The van der Waals surface area contributed by atoms with Crippen LogP contribution >= 0.6 is 39.1 Å². The highest BCUT2D eigenvalue weighted by atomic mass is 79.9. The van der Waals surface area contributed by atoms with Gasteiger partial charge in [0.1, 0.15) is 18.2 Å². The third-order valence-corrected chi connectivity index (χ3v) is 3.92. The van der Waals surface area contributed by atoms with Gasteiger partial charge in [-0.2, -0.15) is 0 Å². The van der Waals surface area contributed by atoms with E-state index in [0.717, 1.165) is 5.56 Å². The van der Waals surface area contributed by atoms with Crippen molar-refractivity contribution in [1.29, 1.82) is 0 Å². The molecule has 0 atom stereocenters. The van der Waals surface area contributed by atoms with Crippen LogP contribution in [0.3, 0.4) is 0 Å². The van der Waals surface area contributed by atoms with Gasteiger partial charge in [0.15, 0.2) is 0 Å². The number of hydrogen-bond acceptors (Lipinski definition) is 1. The molecule has 100 valence electrons. The summed E-state index contributed by atoms with van der Waals surface area (Å²) >= 11 is 15.3. The highest BCUT2D eigenvalue weighted by molar-refractivity contribution is 9.08. The molecule has 0 bridgehead atoms. The molecule has 0 N–H and O–H groups in total. The maximum Gasteiger partial charge on any atom is 0.142 e. The zero-order valence-electron chi connectivity index (χ0n) is 9.80. The van der Waals surface area contributed by atoms with E-state index in [1.807, 2.05) is 12.1 Å². The second-order valence-electron chi connectivity index (χ2n) is 3.86. The van der Waals surface area contributed by atoms with Crippen molar-refractivity contribution in [3.8, 4) is 5.75 Å². The minimum Gasteiger partial charge on any atom is -0.487 e. The number of ether oxygens (including phenoxy) is 1. The molecular formula is C14H10BrCl2FO. The summed E-state index contributed by atoms with van der Waals surface area (Å²) in [5, 5.41) is 1.22. The van der Waals surface area contributed by atoms with E-state index in [9.17, 15) is 4.39 Å². The van der Waals surface area contributed by atoms with Crippen LogP contribution in [0.2, 0.25) is 10.0 Å². The second kappa shape index (κ2) is 6.60. The summed E-state index contributed by atoms with van der Waals surface area (Å²) in [6, 6.07) is 10.1. The quantitative estimate of drug-likeness (QED) is 0.642. The second-order valence-corrected chi connectivity index (χ2v) is 5.21. The predicted molar refractivity (Wildman–Crippen MR) is 79.8 cm³/mol. The maximum atomic E-state index is 13.3. The average molecular weight is 364 g/mol. The van der Waals surface area contributed by atoms with Crippen LogP contribution < -0.4 is 4.74 Å². The van der Waals surface area contributed by atoms with E-state index in [0.29, 0.717) is 21.7 Å². The van der Waals surface area contributed by atoms with E-state index in [1.165, 1.54) is 6.07 Å². The zero-order valence-corrected chi connectivity index (χ0v) is 12.9. The molecule has 0 aliphatic heterocycles. The van der Waals surface area contributed by atoms with Gasteiger partial charge in [-0.15, -0.1) is 0 Å². The van der Waals surface area contributed by atoms with Crippen molar-refractivity contribution >= 4 is 39.1 Å². The first-order valence-electron chi connectivity index (χ1n) is 5.52. The van der Waals surface area contributed by atoms with Crippen LogP contribution in [-0.4, -0.2) is 0 Å². The first kappa shape index (κ1) is 14.6. The Bertz CT molecular complexity index is 590. The monoisotopic (exact) mass is 362 g/mol. The minimum atomic E-state index is -0.456. The Balaban J connectivity index is 2.21. The Morgan fingerprint density at radius 3 is 2.47 bits per heavy atom. The smallest absolute Gasteiger partial charge is 0.142 e. The number of rotatable bonds is 4. The highest BCUT2D eigenvalue weighted by Gasteiger charge is 2.10. The van der Waals surface area contributed by atoms with Crippen LogP contribution in [0.15, 0.2) is 36.4 Å². The molecule has 0 aliphatic rings. The lowest BCUT2D eigenvalue weighted by atomic mass is 10.2. The molecule has 2 aromatic rings. The van der Waals surface area contributed by atoms with E-state index in [2.05, 4.69) is 15.9 Å². The minimum absolute atomic E-state index is 0.0787. The molecule has 0 saturated heterocycles. The van der Waals surface area contributed by atoms with Gasteiger partial charge in [-0.3, -0.25) is 0 Å². The third kappa shape index (κ3) is 3.41. The van der Waals surface area contributed by atoms with E-state index in [4.69, 9.17) is 27.9 Å². The summed E-state index contributed by atoms with van der Waals surface area (Å²) in [4.78, 5) is 0. The van der Waals surface area contributed by atoms with E-state index in [-0.39, 0.29) is 11.6 Å². The molecule has 0 aliphatic carbocycles. The van der Waals surface area contributed by atoms with Crippen molar-refractivity contribution in [3.05, 3.63) is 63.4 Å². The van der Waals surface area contributed by atoms with Crippen LogP contribution in [0.25, 0.3) is 0 Å². The summed E-state index contributed by atoms with van der Waals surface area (Å²) in [5.41, 5.74) is 1.52. The summed E-state index contributed by atoms with van der Waals surface area (Å²) in [6.45, 7) is 0.167. The molecule has 0 aromatic heterocycles. The largest absolute Gasteiger partial charge is 0.487 e. The molecule has 5 heteroatoms. The van der Waals surface area contributed by atoms with Gasteiger partial charge in [0.2, 0.25) is 0 Å². The number of halogens is 4. The molecule has 19 heavy (non-hydrogen) atoms. The number of hydrogen-bond donors (Lipinski definition) is 0. The van der Waals surface area contributed by atoms with Crippen molar-refractivity contribution in [2.24, 2.45) is 0 Å². The molecule has 0 saturated carbocycles. The molecule has 0 spiro atoms. The van der Waals surface area contributed by atoms with Crippen molar-refractivity contribution in [2.75, 3.05) is 0 Å². The highest BCUT2D eigenvalue weighted by Crippen LogP contribution is 2.31. The van der Waals surface area contributed by atoms with E-state index in [1.54, 1.807) is 18.2 Å². The lowest BCUT2D eigenvalue weighted by Gasteiger charge is -2.12. The van der Waals surface area contributed by atoms with Crippen molar-refractivity contribution < 1.29 is 9.13 Å². The van der Waals surface area contributed by atoms with Gasteiger partial charge in [0.25, 0.3) is 0 Å². The summed E-state index contributed by atoms with van der Waals surface area (Å²) < 4.78 is 19.0. The Kier molecular flexibility index (Phi) is 5.08. The molecule has 0 amide bonds. The van der Waals surface area contributed by atoms with Crippen molar-refractivity contribution in [2.45, 2.75) is 11.9 Å². The number of alkyl halides is 1. The Morgan fingerprint density at radius 2 is 1.74 bits per heavy atom. The molecule has 0 unspecified atom stereocenters. The van der Waals surface area contributed by atoms with Crippen molar-refractivity contribution in [3.63, 3.8) is 0 Å². The van der Waals surface area contributed by atoms with Crippen LogP contribution in [-0.2, 0) is 11.9 Å². The summed E-state index contributed by atoms with van der Waals surface area (Å²) in [5.74, 6) is 0.129. The predicted octanol–water partition coefficient (Wildman–Crippen LogP) is 5.61. The average Bonchev–Trinajstić information content (AvgIpc) is 2.41. The first-order valence-corrected chi connectivity index (χ1v) is 7.40. The molecule has 1 nitrogen and oxygen atoms in total. The molecule has 2 rings (SSSR count). The summed E-state index contributed by atoms with van der Waals surface area (Å²) in [7, 11) is 0. The fraction of sp³-hybridized carbons (Fsp3) is 0.143. The number of para-hydroxylation sites is 1. The lowest BCUT2D eigenvalue weighted by molar-refractivity contribution is 0.303. The third-order valence-electron chi connectivity index (χ3n) is 2.60. The van der Waals surface area contributed by atoms with Crippen LogP contribution in [0.5, 0.6) is 5.75 Å². The normalized spacial score (nSPS) is 10.5. The van der Waals surface area contributed by atoms with Gasteiger partial charge >= 0.3 is 0 Å². The van der Waals surface area contributed by atoms with Gasteiger partial charge in [-0.1, -0.05) is 63.4 Å². The Labute approximate surface area is 129 Å². The Morgan fingerprint density at radius 1 is 1.05 bits per heavy atom. The van der Waals surface area contributed by atoms with Gasteiger partial charge in [-0.05, 0) is 12.1 Å². The standard InChI is InChI=1S/C14H10BrCl2FO/c15-7-9-3-1-5-11(16)14(9)19-8-10-4-2-6-12(18)13(10)17/h1-6H,7-8H2. The molecule has 0 fully saturated rings. The zero-order chi connectivity index (χ0) is 13.8. The molecular weight excluding hydrogens is 354 g/mol.